The van der Waals surface area contributed by atoms with Gasteiger partial charge in [-0.3, -0.25) is 0 Å². The van der Waals surface area contributed by atoms with Crippen molar-refractivity contribution in [2.75, 3.05) is 13.1 Å². The minimum Gasteiger partial charge on any atom is -0.316 e. The first-order chi connectivity index (χ1) is 6.84. The molecule has 1 fully saturated rings. The van der Waals surface area contributed by atoms with Crippen molar-refractivity contribution >= 4 is 6.08 Å². The molecule has 0 amide bonds. The van der Waals surface area contributed by atoms with Crippen molar-refractivity contribution in [3.8, 4) is 0 Å². The van der Waals surface area contributed by atoms with Crippen LogP contribution in [0.15, 0.2) is 35.9 Å². The zero-order valence-corrected chi connectivity index (χ0v) is 8.66. The number of allylic oxidation sites excluding steroid dienone is 1. The van der Waals surface area contributed by atoms with Gasteiger partial charge >= 0.3 is 0 Å². The quantitative estimate of drug-likeness (QED) is 0.767. The predicted molar refractivity (Wildman–Crippen MR) is 61.1 cm³/mol. The smallest absolute Gasteiger partial charge is 0.000518 e. The summed E-state index contributed by atoms with van der Waals surface area (Å²) in [6.45, 7) is 4.62. The van der Waals surface area contributed by atoms with Crippen molar-refractivity contribution in [3.63, 3.8) is 0 Å². The Balaban J connectivity index is 1.95. The number of hydrogen-bond donors (Lipinski definition) is 1. The van der Waals surface area contributed by atoms with Crippen LogP contribution >= 0.6 is 0 Å². The van der Waals surface area contributed by atoms with Gasteiger partial charge in [0, 0.05) is 0 Å². The average Bonchev–Trinajstić information content (AvgIpc) is 2.13. The van der Waals surface area contributed by atoms with E-state index in [1.165, 1.54) is 30.6 Å². The highest BCUT2D eigenvalue weighted by Gasteiger charge is 2.16. The zero-order chi connectivity index (χ0) is 9.80. The Morgan fingerprint density at radius 3 is 2.64 bits per heavy atom. The molecule has 1 saturated heterocycles. The van der Waals surface area contributed by atoms with Gasteiger partial charge in [-0.25, -0.2) is 0 Å². The molecule has 14 heavy (non-hydrogen) atoms. The Kier molecular flexibility index (Phi) is 3.00. The normalized spacial score (nSPS) is 17.9. The van der Waals surface area contributed by atoms with E-state index in [-0.39, 0.29) is 0 Å². The van der Waals surface area contributed by atoms with Gasteiger partial charge in [-0.15, -0.1) is 0 Å². The summed E-state index contributed by atoms with van der Waals surface area (Å²) < 4.78 is 0. The van der Waals surface area contributed by atoms with E-state index in [1.807, 2.05) is 0 Å². The van der Waals surface area contributed by atoms with Gasteiger partial charge in [0.2, 0.25) is 0 Å². The molecule has 1 heterocycles. The highest BCUT2D eigenvalue weighted by Crippen LogP contribution is 2.17. The molecule has 0 unspecified atom stereocenters. The third-order valence-electron chi connectivity index (χ3n) is 2.69. The minimum atomic E-state index is 0.870. The maximum absolute atomic E-state index is 3.30. The van der Waals surface area contributed by atoms with Crippen LogP contribution in [0, 0.1) is 5.92 Å². The maximum Gasteiger partial charge on any atom is -0.000518 e. The Morgan fingerprint density at radius 2 is 2.07 bits per heavy atom. The monoisotopic (exact) mass is 187 g/mol. The van der Waals surface area contributed by atoms with E-state index in [0.717, 1.165) is 5.92 Å². The summed E-state index contributed by atoms with van der Waals surface area (Å²) in [5.74, 6) is 0.870. The van der Waals surface area contributed by atoms with Crippen molar-refractivity contribution in [3.05, 3.63) is 41.5 Å². The molecule has 0 bridgehead atoms. The summed E-state index contributed by atoms with van der Waals surface area (Å²) in [7, 11) is 0. The van der Waals surface area contributed by atoms with Crippen LogP contribution in [0.25, 0.3) is 6.08 Å². The zero-order valence-electron chi connectivity index (χ0n) is 8.66. The van der Waals surface area contributed by atoms with Crippen LogP contribution in [-0.4, -0.2) is 13.1 Å². The molecule has 0 aromatic heterocycles. The molecule has 1 N–H and O–H groups in total. The number of benzene rings is 1. The van der Waals surface area contributed by atoms with Crippen LogP contribution in [0.3, 0.4) is 0 Å². The average molecular weight is 187 g/mol. The number of nitrogens with one attached hydrogen (secondary N) is 1. The molecule has 0 saturated carbocycles. The Bertz CT molecular complexity index is 309. The lowest BCUT2D eigenvalue weighted by atomic mass is 9.94. The van der Waals surface area contributed by atoms with Crippen LogP contribution in [0.4, 0.5) is 0 Å². The summed E-state index contributed by atoms with van der Waals surface area (Å²) in [6.07, 6.45) is 3.53. The lowest BCUT2D eigenvalue weighted by molar-refractivity contribution is 0.346. The summed E-state index contributed by atoms with van der Waals surface area (Å²) in [5, 5.41) is 3.30. The first-order valence-corrected chi connectivity index (χ1v) is 5.27. The van der Waals surface area contributed by atoms with Crippen LogP contribution in [0.1, 0.15) is 18.9 Å². The van der Waals surface area contributed by atoms with Crippen molar-refractivity contribution in [1.29, 1.82) is 0 Å². The van der Waals surface area contributed by atoms with Crippen LogP contribution in [0.5, 0.6) is 0 Å². The first kappa shape index (κ1) is 9.47. The molecule has 0 radical (unpaired) electrons. The summed E-state index contributed by atoms with van der Waals surface area (Å²) in [5.41, 5.74) is 2.81. The second kappa shape index (κ2) is 4.43. The molecule has 1 aliphatic heterocycles. The van der Waals surface area contributed by atoms with Crippen LogP contribution in [0.2, 0.25) is 0 Å². The minimum absolute atomic E-state index is 0.870. The summed E-state index contributed by atoms with van der Waals surface area (Å²) >= 11 is 0. The second-order valence-electron chi connectivity index (χ2n) is 4.13. The molecular formula is C13H17N. The summed E-state index contributed by atoms with van der Waals surface area (Å²) in [6, 6.07) is 10.5. The standard InChI is InChI=1S/C13H17N/c1-11(8-13-9-14-10-13)7-12-5-3-2-4-6-12/h2-7,13-14H,8-10H2,1H3/b11-7+. The lowest BCUT2D eigenvalue weighted by Crippen LogP contribution is -2.41. The molecule has 0 aliphatic carbocycles. The van der Waals surface area contributed by atoms with Gasteiger partial charge in [0.05, 0.1) is 0 Å². The van der Waals surface area contributed by atoms with Crippen LogP contribution in [-0.2, 0) is 0 Å². The third-order valence-corrected chi connectivity index (χ3v) is 2.69. The highest BCUT2D eigenvalue weighted by molar-refractivity contribution is 5.52. The van der Waals surface area contributed by atoms with Crippen LogP contribution < -0.4 is 5.32 Å². The highest BCUT2D eigenvalue weighted by atomic mass is 14.9. The molecule has 1 aliphatic rings. The van der Waals surface area contributed by atoms with Gasteiger partial charge in [0.15, 0.2) is 0 Å². The number of rotatable bonds is 3. The topological polar surface area (TPSA) is 12.0 Å². The fourth-order valence-electron chi connectivity index (χ4n) is 1.84. The summed E-state index contributed by atoms with van der Waals surface area (Å²) in [4.78, 5) is 0. The van der Waals surface area contributed by atoms with Crippen molar-refractivity contribution < 1.29 is 0 Å². The molecular weight excluding hydrogens is 170 g/mol. The molecule has 1 heteroatoms. The molecule has 1 nitrogen and oxygen atoms in total. The van der Waals surface area contributed by atoms with Gasteiger partial charge in [0.1, 0.15) is 0 Å². The predicted octanol–water partition coefficient (Wildman–Crippen LogP) is 2.70. The van der Waals surface area contributed by atoms with Gasteiger partial charge in [0.25, 0.3) is 0 Å². The van der Waals surface area contributed by atoms with Crippen molar-refractivity contribution in [1.82, 2.24) is 5.32 Å². The van der Waals surface area contributed by atoms with Crippen molar-refractivity contribution in [2.24, 2.45) is 5.92 Å². The van der Waals surface area contributed by atoms with E-state index in [2.05, 4.69) is 48.6 Å². The Labute approximate surface area is 85.8 Å². The molecule has 0 atom stereocenters. The fraction of sp³-hybridized carbons (Fsp3) is 0.385. The maximum atomic E-state index is 3.30. The molecule has 74 valence electrons. The van der Waals surface area contributed by atoms with E-state index >= 15 is 0 Å². The van der Waals surface area contributed by atoms with E-state index in [9.17, 15) is 0 Å². The van der Waals surface area contributed by atoms with Gasteiger partial charge < -0.3 is 5.32 Å². The van der Waals surface area contributed by atoms with E-state index < -0.39 is 0 Å². The number of hydrogen-bond acceptors (Lipinski definition) is 1. The Hall–Kier alpha value is -1.08. The second-order valence-corrected chi connectivity index (χ2v) is 4.13. The third kappa shape index (κ3) is 2.46. The molecule has 0 spiro atoms. The van der Waals surface area contributed by atoms with Gasteiger partial charge in [-0.05, 0) is 37.9 Å². The molecule has 1 aromatic carbocycles. The lowest BCUT2D eigenvalue weighted by Gasteiger charge is -2.27. The largest absolute Gasteiger partial charge is 0.316 e. The van der Waals surface area contributed by atoms with Crippen molar-refractivity contribution in [2.45, 2.75) is 13.3 Å². The molecule has 1 aromatic rings. The first-order valence-electron chi connectivity index (χ1n) is 5.27. The van der Waals surface area contributed by atoms with E-state index in [1.54, 1.807) is 0 Å². The van der Waals surface area contributed by atoms with E-state index in [4.69, 9.17) is 0 Å². The molecule has 2 rings (SSSR count). The van der Waals surface area contributed by atoms with E-state index in [0.29, 0.717) is 0 Å². The van der Waals surface area contributed by atoms with Gasteiger partial charge in [-0.2, -0.15) is 0 Å². The van der Waals surface area contributed by atoms with Gasteiger partial charge in [-0.1, -0.05) is 42.0 Å². The Morgan fingerprint density at radius 1 is 1.36 bits per heavy atom. The SMILES string of the molecule is C/C(=C\c1ccccc1)CC1CNC1. The fourth-order valence-corrected chi connectivity index (χ4v) is 1.84.